The van der Waals surface area contributed by atoms with Crippen LogP contribution in [-0.4, -0.2) is 58.4 Å². The van der Waals surface area contributed by atoms with Crippen LogP contribution in [0.3, 0.4) is 0 Å². The fraction of sp³-hybridized carbons (Fsp3) is 0.542. The molecule has 0 unspecified atom stereocenters. The van der Waals surface area contributed by atoms with Crippen LogP contribution in [0.1, 0.15) is 64.9 Å². The van der Waals surface area contributed by atoms with Gasteiger partial charge < -0.3 is 25.0 Å². The zero-order chi connectivity index (χ0) is 27.4. The minimum atomic E-state index is -0.691. The minimum Gasteiger partial charge on any atom is -0.444 e. The number of rotatable bonds is 5. The number of carbonyl (C=O) groups excluding carboxylic acids is 3. The molecule has 11 nitrogen and oxygen atoms in total. The Bertz CT molecular complexity index is 1140. The zero-order valence-corrected chi connectivity index (χ0v) is 24.2. The van der Waals surface area contributed by atoms with Gasteiger partial charge in [-0.1, -0.05) is 11.3 Å². The Morgan fingerprint density at radius 3 is 2.43 bits per heavy atom. The zero-order valence-electron chi connectivity index (χ0n) is 21.8. The molecule has 3 rings (SSSR count). The van der Waals surface area contributed by atoms with Crippen LogP contribution in [0.25, 0.3) is 0 Å². The first-order valence-corrected chi connectivity index (χ1v) is 13.5. The molecular formula is C24H33BrN6O5S. The van der Waals surface area contributed by atoms with E-state index >= 15 is 0 Å². The lowest BCUT2D eigenvalue weighted by Crippen LogP contribution is -2.49. The van der Waals surface area contributed by atoms with Crippen molar-refractivity contribution in [2.75, 3.05) is 28.6 Å². The molecule has 0 radical (unpaired) electrons. The number of nitrogens with one attached hydrogen (secondary N) is 3. The van der Waals surface area contributed by atoms with Gasteiger partial charge in [0.1, 0.15) is 16.2 Å². The van der Waals surface area contributed by atoms with E-state index in [-0.39, 0.29) is 16.7 Å². The molecule has 2 aromatic heterocycles. The predicted molar refractivity (Wildman–Crippen MR) is 146 cm³/mol. The van der Waals surface area contributed by atoms with Gasteiger partial charge in [-0.3, -0.25) is 15.1 Å². The van der Waals surface area contributed by atoms with E-state index in [9.17, 15) is 14.4 Å². The second-order valence-electron chi connectivity index (χ2n) is 10.5. The third-order valence-corrected chi connectivity index (χ3v) is 6.38. The van der Waals surface area contributed by atoms with E-state index < -0.39 is 29.3 Å². The number of piperidine rings is 1. The number of pyridine rings is 1. The van der Waals surface area contributed by atoms with E-state index in [1.807, 2.05) is 26.8 Å². The van der Waals surface area contributed by atoms with Gasteiger partial charge in [0.15, 0.2) is 9.61 Å². The largest absolute Gasteiger partial charge is 0.444 e. The minimum absolute atomic E-state index is 0.0423. The van der Waals surface area contributed by atoms with Gasteiger partial charge in [-0.05, 0) is 76.4 Å². The predicted octanol–water partition coefficient (Wildman–Crippen LogP) is 5.39. The van der Waals surface area contributed by atoms with Gasteiger partial charge in [-0.15, -0.1) is 0 Å². The average molecular weight is 598 g/mol. The third-order valence-electron chi connectivity index (χ3n) is 4.96. The van der Waals surface area contributed by atoms with Crippen LogP contribution in [0.4, 0.5) is 26.0 Å². The van der Waals surface area contributed by atoms with E-state index in [0.29, 0.717) is 16.1 Å². The number of hydrogen-bond donors (Lipinski definition) is 3. The van der Waals surface area contributed by atoms with Gasteiger partial charge in [-0.25, -0.2) is 14.6 Å². The van der Waals surface area contributed by atoms with Gasteiger partial charge in [0.05, 0.1) is 17.6 Å². The lowest BCUT2D eigenvalue weighted by atomic mass is 10.0. The molecule has 1 aliphatic heterocycles. The Morgan fingerprint density at radius 1 is 1.08 bits per heavy atom. The number of amides is 3. The van der Waals surface area contributed by atoms with Crippen LogP contribution in [0.2, 0.25) is 0 Å². The molecule has 1 atom stereocenters. The SMILES string of the molecule is CC(C)(C)OC(=O)Nc1sc(Br)nc1C(=O)Nc1cnccc1N1CCC[C@H](NC(=O)OC(C)(C)C)C1. The van der Waals surface area contributed by atoms with E-state index in [1.165, 1.54) is 0 Å². The summed E-state index contributed by atoms with van der Waals surface area (Å²) in [5, 5.41) is 8.65. The summed E-state index contributed by atoms with van der Waals surface area (Å²) >= 11 is 4.38. The Kier molecular flexibility index (Phi) is 9.00. The van der Waals surface area contributed by atoms with Crippen molar-refractivity contribution in [2.24, 2.45) is 0 Å². The maximum atomic E-state index is 13.2. The van der Waals surface area contributed by atoms with Gasteiger partial charge in [0, 0.05) is 25.3 Å². The monoisotopic (exact) mass is 596 g/mol. The highest BCUT2D eigenvalue weighted by molar-refractivity contribution is 9.11. The lowest BCUT2D eigenvalue weighted by Gasteiger charge is -2.35. The molecule has 3 heterocycles. The summed E-state index contributed by atoms with van der Waals surface area (Å²) in [4.78, 5) is 48.2. The van der Waals surface area contributed by atoms with Crippen molar-refractivity contribution in [3.05, 3.63) is 28.1 Å². The number of aromatic nitrogens is 2. The molecule has 3 N–H and O–H groups in total. The van der Waals surface area contributed by atoms with Gasteiger partial charge in [0.2, 0.25) is 0 Å². The summed E-state index contributed by atoms with van der Waals surface area (Å²) in [5.41, 5.74) is 0.0143. The first-order valence-electron chi connectivity index (χ1n) is 11.9. The molecule has 3 amide bonds. The molecule has 13 heteroatoms. The van der Waals surface area contributed by atoms with Crippen molar-refractivity contribution in [3.63, 3.8) is 0 Å². The number of alkyl carbamates (subject to hydrolysis) is 1. The highest BCUT2D eigenvalue weighted by Crippen LogP contribution is 2.32. The summed E-state index contributed by atoms with van der Waals surface area (Å²) < 4.78 is 11.1. The van der Waals surface area contributed by atoms with E-state index in [4.69, 9.17) is 9.47 Å². The summed E-state index contributed by atoms with van der Waals surface area (Å²) in [6.07, 6.45) is 3.72. The average Bonchev–Trinajstić information content (AvgIpc) is 3.11. The number of nitrogens with zero attached hydrogens (tertiary/aromatic N) is 3. The van der Waals surface area contributed by atoms with E-state index in [1.54, 1.807) is 33.2 Å². The quantitative estimate of drug-likeness (QED) is 0.418. The first-order chi connectivity index (χ1) is 17.2. The smallest absolute Gasteiger partial charge is 0.412 e. The van der Waals surface area contributed by atoms with Crippen LogP contribution in [0.15, 0.2) is 22.4 Å². The molecule has 0 bridgehead atoms. The Morgan fingerprint density at radius 2 is 1.76 bits per heavy atom. The van der Waals surface area contributed by atoms with Crippen molar-refractivity contribution < 1.29 is 23.9 Å². The maximum Gasteiger partial charge on any atom is 0.412 e. The number of halogens is 1. The number of ether oxygens (including phenoxy) is 2. The molecule has 202 valence electrons. The molecule has 0 saturated carbocycles. The molecule has 1 aliphatic rings. The highest BCUT2D eigenvalue weighted by atomic mass is 79.9. The molecule has 37 heavy (non-hydrogen) atoms. The summed E-state index contributed by atoms with van der Waals surface area (Å²) in [7, 11) is 0. The molecular weight excluding hydrogens is 564 g/mol. The van der Waals surface area contributed by atoms with E-state index in [2.05, 4.69) is 46.7 Å². The number of hydrogen-bond acceptors (Lipinski definition) is 9. The number of carbonyl (C=O) groups is 3. The molecule has 0 aromatic carbocycles. The Hall–Kier alpha value is -2.93. The van der Waals surface area contributed by atoms with Crippen molar-refractivity contribution in [1.29, 1.82) is 0 Å². The Labute approximate surface area is 228 Å². The molecule has 1 saturated heterocycles. The topological polar surface area (TPSA) is 135 Å². The van der Waals surface area contributed by atoms with Crippen LogP contribution in [-0.2, 0) is 9.47 Å². The summed E-state index contributed by atoms with van der Waals surface area (Å²) in [5.74, 6) is -0.511. The van der Waals surface area contributed by atoms with Crippen molar-refractivity contribution in [2.45, 2.75) is 71.6 Å². The van der Waals surface area contributed by atoms with Crippen molar-refractivity contribution in [3.8, 4) is 0 Å². The fourth-order valence-corrected chi connectivity index (χ4v) is 5.00. The fourth-order valence-electron chi connectivity index (χ4n) is 3.66. The number of thiazole rings is 1. The lowest BCUT2D eigenvalue weighted by molar-refractivity contribution is 0.0499. The van der Waals surface area contributed by atoms with Crippen molar-refractivity contribution in [1.82, 2.24) is 15.3 Å². The molecule has 0 spiro atoms. The molecule has 0 aliphatic carbocycles. The first kappa shape index (κ1) is 28.6. The normalized spacial score (nSPS) is 16.1. The second-order valence-corrected chi connectivity index (χ2v) is 12.8. The van der Waals surface area contributed by atoms with Crippen LogP contribution < -0.4 is 20.9 Å². The summed E-state index contributed by atoms with van der Waals surface area (Å²) in [6, 6.07) is 1.70. The molecule has 1 fully saturated rings. The van der Waals surface area contributed by atoms with Gasteiger partial charge in [-0.2, -0.15) is 0 Å². The summed E-state index contributed by atoms with van der Waals surface area (Å²) in [6.45, 7) is 12.0. The van der Waals surface area contributed by atoms with Crippen LogP contribution in [0, 0.1) is 0 Å². The van der Waals surface area contributed by atoms with Crippen molar-refractivity contribution >= 4 is 61.7 Å². The van der Waals surface area contributed by atoms with Crippen LogP contribution >= 0.6 is 27.3 Å². The highest BCUT2D eigenvalue weighted by Gasteiger charge is 2.27. The van der Waals surface area contributed by atoms with Crippen LogP contribution in [0.5, 0.6) is 0 Å². The standard InChI is InChI=1S/C24H33BrN6O5S/c1-23(2,3)35-21(33)27-14-8-7-11-31(13-14)16-9-10-26-12-15(16)28-18(32)17-19(37-20(25)29-17)30-22(34)36-24(4,5)6/h9-10,12,14H,7-8,11,13H2,1-6H3,(H,27,33)(H,28,32)(H,30,34)/t14-/m0/s1. The second kappa shape index (κ2) is 11.6. The third kappa shape index (κ3) is 8.85. The van der Waals surface area contributed by atoms with Gasteiger partial charge >= 0.3 is 12.2 Å². The van der Waals surface area contributed by atoms with Gasteiger partial charge in [0.25, 0.3) is 5.91 Å². The van der Waals surface area contributed by atoms with E-state index in [0.717, 1.165) is 36.4 Å². The molecule has 2 aromatic rings. The maximum absolute atomic E-state index is 13.2. The Balaban J connectivity index is 1.72. The number of anilines is 3.